The first-order valence-corrected chi connectivity index (χ1v) is 6.11. The smallest absolute Gasteiger partial charge is 0.181 e. The lowest BCUT2D eigenvalue weighted by molar-refractivity contribution is 0.302. The lowest BCUT2D eigenvalue weighted by Gasteiger charge is -2.31. The Morgan fingerprint density at radius 2 is 1.89 bits per heavy atom. The SMILES string of the molecule is NC1(c2nc(-c3ccncc3)n[nH]2)CCNCC1. The Balaban J connectivity index is 1.89. The van der Waals surface area contributed by atoms with E-state index in [0.29, 0.717) is 5.82 Å². The fraction of sp³-hybridized carbons (Fsp3) is 0.417. The highest BCUT2D eigenvalue weighted by Crippen LogP contribution is 2.26. The Morgan fingerprint density at radius 3 is 2.61 bits per heavy atom. The van der Waals surface area contributed by atoms with Crippen LogP contribution in [0.1, 0.15) is 18.7 Å². The van der Waals surface area contributed by atoms with Gasteiger partial charge >= 0.3 is 0 Å². The zero-order valence-corrected chi connectivity index (χ0v) is 10.1. The number of aromatic nitrogens is 4. The van der Waals surface area contributed by atoms with Crippen LogP contribution in [0, 0.1) is 0 Å². The monoisotopic (exact) mass is 244 g/mol. The third-order valence-corrected chi connectivity index (χ3v) is 3.39. The van der Waals surface area contributed by atoms with E-state index in [4.69, 9.17) is 5.73 Å². The van der Waals surface area contributed by atoms with Crippen LogP contribution in [0.15, 0.2) is 24.5 Å². The number of nitrogens with two attached hydrogens (primary N) is 1. The van der Waals surface area contributed by atoms with Crippen molar-refractivity contribution in [1.82, 2.24) is 25.5 Å². The topological polar surface area (TPSA) is 92.5 Å². The van der Waals surface area contributed by atoms with Crippen LogP contribution in [0.25, 0.3) is 11.4 Å². The Hall–Kier alpha value is -1.79. The van der Waals surface area contributed by atoms with E-state index in [1.165, 1.54) is 0 Å². The zero-order valence-electron chi connectivity index (χ0n) is 10.1. The molecule has 94 valence electrons. The van der Waals surface area contributed by atoms with Crippen molar-refractivity contribution < 1.29 is 0 Å². The lowest BCUT2D eigenvalue weighted by atomic mass is 9.89. The van der Waals surface area contributed by atoms with Gasteiger partial charge in [-0.15, -0.1) is 0 Å². The fourth-order valence-electron chi connectivity index (χ4n) is 2.22. The van der Waals surface area contributed by atoms with Crippen LogP contribution < -0.4 is 11.1 Å². The van der Waals surface area contributed by atoms with E-state index in [1.807, 2.05) is 12.1 Å². The van der Waals surface area contributed by atoms with Gasteiger partial charge in [0, 0.05) is 18.0 Å². The molecule has 6 nitrogen and oxygen atoms in total. The third kappa shape index (κ3) is 2.00. The molecule has 1 fully saturated rings. The molecule has 0 spiro atoms. The van der Waals surface area contributed by atoms with E-state index in [2.05, 4.69) is 25.5 Å². The summed E-state index contributed by atoms with van der Waals surface area (Å²) < 4.78 is 0. The van der Waals surface area contributed by atoms with Crippen molar-refractivity contribution in [3.63, 3.8) is 0 Å². The van der Waals surface area contributed by atoms with Crippen molar-refractivity contribution in [2.24, 2.45) is 5.73 Å². The van der Waals surface area contributed by atoms with Crippen LogP contribution in [0.5, 0.6) is 0 Å². The number of piperidine rings is 1. The van der Waals surface area contributed by atoms with Crippen LogP contribution in [-0.4, -0.2) is 33.3 Å². The number of rotatable bonds is 2. The van der Waals surface area contributed by atoms with Crippen LogP contribution in [0.2, 0.25) is 0 Å². The van der Waals surface area contributed by atoms with Crippen LogP contribution >= 0.6 is 0 Å². The Labute approximate surface area is 105 Å². The van der Waals surface area contributed by atoms with Crippen LogP contribution in [0.3, 0.4) is 0 Å². The molecule has 2 aromatic heterocycles. The molecule has 1 aliphatic rings. The third-order valence-electron chi connectivity index (χ3n) is 3.39. The number of hydrogen-bond donors (Lipinski definition) is 3. The molecule has 0 atom stereocenters. The number of nitrogens with one attached hydrogen (secondary N) is 2. The van der Waals surface area contributed by atoms with E-state index in [-0.39, 0.29) is 5.54 Å². The minimum Gasteiger partial charge on any atom is -0.319 e. The maximum Gasteiger partial charge on any atom is 0.181 e. The molecule has 0 saturated carbocycles. The second-order valence-corrected chi connectivity index (χ2v) is 4.65. The molecule has 6 heteroatoms. The van der Waals surface area contributed by atoms with Crippen molar-refractivity contribution in [2.45, 2.75) is 18.4 Å². The molecular formula is C12H16N6. The van der Waals surface area contributed by atoms with E-state index >= 15 is 0 Å². The molecule has 0 bridgehead atoms. The highest BCUT2D eigenvalue weighted by molar-refractivity contribution is 5.53. The van der Waals surface area contributed by atoms with Crippen molar-refractivity contribution in [3.8, 4) is 11.4 Å². The quantitative estimate of drug-likeness (QED) is 0.711. The first-order valence-electron chi connectivity index (χ1n) is 6.11. The zero-order chi connectivity index (χ0) is 12.4. The largest absolute Gasteiger partial charge is 0.319 e. The standard InChI is InChI=1S/C12H16N6/c13-12(3-7-15-8-4-12)11-16-10(17-18-11)9-1-5-14-6-2-9/h1-2,5-6,15H,3-4,7-8,13H2,(H,16,17,18). The fourth-order valence-corrected chi connectivity index (χ4v) is 2.22. The Morgan fingerprint density at radius 1 is 1.17 bits per heavy atom. The summed E-state index contributed by atoms with van der Waals surface area (Å²) in [6.07, 6.45) is 5.21. The molecule has 1 aliphatic heterocycles. The van der Waals surface area contributed by atoms with Crippen molar-refractivity contribution in [2.75, 3.05) is 13.1 Å². The summed E-state index contributed by atoms with van der Waals surface area (Å²) in [6, 6.07) is 3.77. The number of nitrogens with zero attached hydrogens (tertiary/aromatic N) is 3. The summed E-state index contributed by atoms with van der Waals surface area (Å²) in [5, 5.41) is 10.5. The van der Waals surface area contributed by atoms with E-state index < -0.39 is 0 Å². The van der Waals surface area contributed by atoms with Gasteiger partial charge in [-0.25, -0.2) is 4.98 Å². The Kier molecular flexibility index (Phi) is 2.81. The van der Waals surface area contributed by atoms with Gasteiger partial charge in [-0.05, 0) is 38.1 Å². The van der Waals surface area contributed by atoms with Gasteiger partial charge in [0.15, 0.2) is 5.82 Å². The summed E-state index contributed by atoms with van der Waals surface area (Å²) in [7, 11) is 0. The molecular weight excluding hydrogens is 228 g/mol. The Bertz CT molecular complexity index is 514. The van der Waals surface area contributed by atoms with Crippen molar-refractivity contribution in [1.29, 1.82) is 0 Å². The molecule has 0 aromatic carbocycles. The lowest BCUT2D eigenvalue weighted by Crippen LogP contribution is -2.47. The second-order valence-electron chi connectivity index (χ2n) is 4.65. The average molecular weight is 244 g/mol. The van der Waals surface area contributed by atoms with E-state index in [9.17, 15) is 0 Å². The second kappa shape index (κ2) is 4.47. The van der Waals surface area contributed by atoms with Gasteiger partial charge in [-0.2, -0.15) is 5.10 Å². The molecule has 18 heavy (non-hydrogen) atoms. The average Bonchev–Trinajstić information content (AvgIpc) is 2.91. The molecule has 3 heterocycles. The van der Waals surface area contributed by atoms with Gasteiger partial charge in [0.1, 0.15) is 5.82 Å². The maximum absolute atomic E-state index is 6.39. The highest BCUT2D eigenvalue weighted by atomic mass is 15.2. The molecule has 0 aliphatic carbocycles. The predicted octanol–water partition coefficient (Wildman–Crippen LogP) is 0.404. The maximum atomic E-state index is 6.39. The van der Waals surface area contributed by atoms with Gasteiger partial charge < -0.3 is 11.1 Å². The van der Waals surface area contributed by atoms with Crippen LogP contribution in [-0.2, 0) is 5.54 Å². The van der Waals surface area contributed by atoms with Gasteiger partial charge in [-0.3, -0.25) is 10.1 Å². The molecule has 0 amide bonds. The van der Waals surface area contributed by atoms with Crippen LogP contribution in [0.4, 0.5) is 0 Å². The van der Waals surface area contributed by atoms with Gasteiger partial charge in [0.05, 0.1) is 5.54 Å². The minimum absolute atomic E-state index is 0.385. The summed E-state index contributed by atoms with van der Waals surface area (Å²) in [6.45, 7) is 1.84. The number of hydrogen-bond acceptors (Lipinski definition) is 5. The number of aromatic amines is 1. The van der Waals surface area contributed by atoms with E-state index in [1.54, 1.807) is 12.4 Å². The first kappa shape index (κ1) is 11.3. The van der Waals surface area contributed by atoms with Crippen molar-refractivity contribution in [3.05, 3.63) is 30.4 Å². The van der Waals surface area contributed by atoms with Gasteiger partial charge in [0.2, 0.25) is 0 Å². The highest BCUT2D eigenvalue weighted by Gasteiger charge is 2.32. The first-order chi connectivity index (χ1) is 8.78. The summed E-state index contributed by atoms with van der Waals surface area (Å²) >= 11 is 0. The molecule has 4 N–H and O–H groups in total. The predicted molar refractivity (Wildman–Crippen MR) is 67.6 cm³/mol. The molecule has 1 saturated heterocycles. The van der Waals surface area contributed by atoms with Crippen molar-refractivity contribution >= 4 is 0 Å². The summed E-state index contributed by atoms with van der Waals surface area (Å²) in [5.74, 6) is 1.45. The molecule has 2 aromatic rings. The van der Waals surface area contributed by atoms with Gasteiger partial charge in [-0.1, -0.05) is 0 Å². The normalized spacial score (nSPS) is 18.7. The number of H-pyrrole nitrogens is 1. The minimum atomic E-state index is -0.385. The molecule has 0 radical (unpaired) electrons. The van der Waals surface area contributed by atoms with Gasteiger partial charge in [0.25, 0.3) is 0 Å². The molecule has 0 unspecified atom stereocenters. The molecule has 3 rings (SSSR count). The summed E-state index contributed by atoms with van der Waals surface area (Å²) in [4.78, 5) is 8.51. The number of pyridine rings is 1. The summed E-state index contributed by atoms with van der Waals surface area (Å²) in [5.41, 5.74) is 6.95. The van der Waals surface area contributed by atoms with E-state index in [0.717, 1.165) is 37.3 Å².